The lowest BCUT2D eigenvalue weighted by molar-refractivity contribution is 0.0162. The first-order chi connectivity index (χ1) is 13.0. The lowest BCUT2D eigenvalue weighted by atomic mass is 10.0. The highest BCUT2D eigenvalue weighted by atomic mass is 19.1. The topological polar surface area (TPSA) is 57.7 Å². The number of ether oxygens (including phenoxy) is 1. The van der Waals surface area contributed by atoms with Crippen LogP contribution in [0.15, 0.2) is 42.6 Å². The average Bonchev–Trinajstić information content (AvgIpc) is 2.69. The average molecular weight is 372 g/mol. The molecule has 1 aliphatic rings. The molecule has 3 rings (SSSR count). The first-order valence-corrected chi connectivity index (χ1v) is 9.03. The van der Waals surface area contributed by atoms with Crippen molar-refractivity contribution < 1.29 is 13.9 Å². The molecule has 0 bridgehead atoms. The molecule has 0 spiro atoms. The van der Waals surface area contributed by atoms with Gasteiger partial charge < -0.3 is 15.0 Å². The van der Waals surface area contributed by atoms with Gasteiger partial charge in [-0.2, -0.15) is 0 Å². The van der Waals surface area contributed by atoms with E-state index in [9.17, 15) is 9.18 Å². The number of nitrogens with zero attached hydrogens (tertiary/aromatic N) is 3. The number of amides is 1. The molecule has 0 radical (unpaired) electrons. The second-order valence-electron chi connectivity index (χ2n) is 6.73. The van der Waals surface area contributed by atoms with Crippen molar-refractivity contribution in [3.8, 4) is 0 Å². The maximum Gasteiger partial charge on any atom is 0.251 e. The molecule has 1 amide bonds. The Bertz CT molecular complexity index is 778. The summed E-state index contributed by atoms with van der Waals surface area (Å²) in [6, 6.07) is 9.89. The van der Waals surface area contributed by atoms with Crippen molar-refractivity contribution in [2.75, 3.05) is 51.8 Å². The quantitative estimate of drug-likeness (QED) is 0.842. The van der Waals surface area contributed by atoms with Crippen LogP contribution in [0.3, 0.4) is 0 Å². The predicted molar refractivity (Wildman–Crippen MR) is 102 cm³/mol. The highest BCUT2D eigenvalue weighted by Crippen LogP contribution is 2.22. The van der Waals surface area contributed by atoms with Gasteiger partial charge >= 0.3 is 0 Å². The summed E-state index contributed by atoms with van der Waals surface area (Å²) >= 11 is 0. The Morgan fingerprint density at radius 1 is 1.30 bits per heavy atom. The van der Waals surface area contributed by atoms with Crippen molar-refractivity contribution in [3.63, 3.8) is 0 Å². The summed E-state index contributed by atoms with van der Waals surface area (Å²) in [4.78, 5) is 20.9. The van der Waals surface area contributed by atoms with Gasteiger partial charge in [-0.3, -0.25) is 9.69 Å². The van der Waals surface area contributed by atoms with Crippen LogP contribution >= 0.6 is 0 Å². The lowest BCUT2D eigenvalue weighted by Gasteiger charge is -2.35. The molecule has 6 nitrogen and oxygen atoms in total. The van der Waals surface area contributed by atoms with Crippen molar-refractivity contribution in [2.24, 2.45) is 0 Å². The van der Waals surface area contributed by atoms with Crippen LogP contribution in [-0.2, 0) is 4.74 Å². The van der Waals surface area contributed by atoms with E-state index >= 15 is 0 Å². The van der Waals surface area contributed by atoms with Gasteiger partial charge in [0.15, 0.2) is 0 Å². The fourth-order valence-corrected chi connectivity index (χ4v) is 3.16. The minimum atomic E-state index is -0.276. The second-order valence-corrected chi connectivity index (χ2v) is 6.73. The van der Waals surface area contributed by atoms with Gasteiger partial charge in [-0.05, 0) is 29.8 Å². The molecule has 144 valence electrons. The fourth-order valence-electron chi connectivity index (χ4n) is 3.16. The molecule has 1 aromatic carbocycles. The van der Waals surface area contributed by atoms with Gasteiger partial charge in [0.2, 0.25) is 0 Å². The number of aromatic nitrogens is 1. The molecule has 27 heavy (non-hydrogen) atoms. The Balaban J connectivity index is 1.74. The smallest absolute Gasteiger partial charge is 0.251 e. The molecule has 1 aromatic heterocycles. The normalized spacial score (nSPS) is 16.0. The number of pyridine rings is 1. The van der Waals surface area contributed by atoms with Crippen molar-refractivity contribution in [2.45, 2.75) is 6.04 Å². The monoisotopic (exact) mass is 372 g/mol. The molecule has 1 N–H and O–H groups in total. The maximum absolute atomic E-state index is 13.7. The van der Waals surface area contributed by atoms with E-state index in [2.05, 4.69) is 15.2 Å². The SMILES string of the molecule is CN(C)c1cc(C(=O)NCC(c2cccc(F)c2)N2CCOCC2)ccn1. The summed E-state index contributed by atoms with van der Waals surface area (Å²) in [5.74, 6) is 0.273. The van der Waals surface area contributed by atoms with Crippen LogP contribution in [-0.4, -0.2) is 62.7 Å². The standard InChI is InChI=1S/C20H25FN4O2/c1-24(2)19-13-16(6-7-22-19)20(26)23-14-18(25-8-10-27-11-9-25)15-4-3-5-17(21)12-15/h3-7,12-13,18H,8-11,14H2,1-2H3,(H,23,26). The third-order valence-electron chi connectivity index (χ3n) is 4.64. The minimum Gasteiger partial charge on any atom is -0.379 e. The third-order valence-corrected chi connectivity index (χ3v) is 4.64. The highest BCUT2D eigenvalue weighted by Gasteiger charge is 2.24. The zero-order valence-corrected chi connectivity index (χ0v) is 15.7. The van der Waals surface area contributed by atoms with E-state index in [1.807, 2.05) is 25.1 Å². The van der Waals surface area contributed by atoms with E-state index in [0.717, 1.165) is 24.5 Å². The first-order valence-electron chi connectivity index (χ1n) is 9.03. The Kier molecular flexibility index (Phi) is 6.36. The van der Waals surface area contributed by atoms with Crippen LogP contribution in [0.5, 0.6) is 0 Å². The number of morpholine rings is 1. The second kappa shape index (κ2) is 8.92. The van der Waals surface area contributed by atoms with E-state index in [-0.39, 0.29) is 17.8 Å². The van der Waals surface area contributed by atoms with Gasteiger partial charge in [0.25, 0.3) is 5.91 Å². The van der Waals surface area contributed by atoms with Gasteiger partial charge in [0.1, 0.15) is 11.6 Å². The number of hydrogen-bond acceptors (Lipinski definition) is 5. The maximum atomic E-state index is 13.7. The van der Waals surface area contributed by atoms with Crippen molar-refractivity contribution in [1.29, 1.82) is 0 Å². The largest absolute Gasteiger partial charge is 0.379 e. The number of halogens is 1. The van der Waals surface area contributed by atoms with Crippen molar-refractivity contribution >= 4 is 11.7 Å². The van der Waals surface area contributed by atoms with E-state index in [0.29, 0.717) is 25.3 Å². The molecule has 0 aliphatic carbocycles. The van der Waals surface area contributed by atoms with E-state index in [1.54, 1.807) is 24.4 Å². The van der Waals surface area contributed by atoms with Gasteiger partial charge in [-0.15, -0.1) is 0 Å². The zero-order valence-electron chi connectivity index (χ0n) is 15.7. The summed E-state index contributed by atoms with van der Waals surface area (Å²) in [5.41, 5.74) is 1.40. The number of rotatable bonds is 6. The molecule has 2 heterocycles. The summed E-state index contributed by atoms with van der Waals surface area (Å²) in [7, 11) is 3.75. The Labute approximate surface area is 158 Å². The fraction of sp³-hybridized carbons (Fsp3) is 0.400. The van der Waals surface area contributed by atoms with Crippen LogP contribution in [0.2, 0.25) is 0 Å². The Hall–Kier alpha value is -2.51. The summed E-state index contributed by atoms with van der Waals surface area (Å²) in [5, 5.41) is 2.99. The van der Waals surface area contributed by atoms with Gasteiger partial charge in [0, 0.05) is 45.5 Å². The Morgan fingerprint density at radius 2 is 2.07 bits per heavy atom. The third kappa shape index (κ3) is 5.02. The number of hydrogen-bond donors (Lipinski definition) is 1. The van der Waals surface area contributed by atoms with E-state index < -0.39 is 0 Å². The Morgan fingerprint density at radius 3 is 2.78 bits per heavy atom. The molecule has 7 heteroatoms. The van der Waals surface area contributed by atoms with Crippen LogP contribution in [0.1, 0.15) is 22.0 Å². The molecule has 1 unspecified atom stereocenters. The molecular weight excluding hydrogens is 347 g/mol. The number of nitrogens with one attached hydrogen (secondary N) is 1. The van der Waals surface area contributed by atoms with Crippen LogP contribution < -0.4 is 10.2 Å². The number of carbonyl (C=O) groups excluding carboxylic acids is 1. The zero-order chi connectivity index (χ0) is 19.2. The molecular formula is C20H25FN4O2. The predicted octanol–water partition coefficient (Wildman–Crippen LogP) is 2.09. The molecule has 1 saturated heterocycles. The molecule has 1 atom stereocenters. The molecule has 0 saturated carbocycles. The lowest BCUT2D eigenvalue weighted by Crippen LogP contribution is -2.43. The first kappa shape index (κ1) is 19.3. The summed E-state index contributed by atoms with van der Waals surface area (Å²) < 4.78 is 19.2. The number of carbonyl (C=O) groups is 1. The van der Waals surface area contributed by atoms with Crippen LogP contribution in [0, 0.1) is 5.82 Å². The summed E-state index contributed by atoms with van der Waals surface area (Å²) in [6.07, 6.45) is 1.62. The van der Waals surface area contributed by atoms with Crippen molar-refractivity contribution in [3.05, 3.63) is 59.5 Å². The van der Waals surface area contributed by atoms with Crippen molar-refractivity contribution in [1.82, 2.24) is 15.2 Å². The van der Waals surface area contributed by atoms with Gasteiger partial charge in [-0.25, -0.2) is 9.37 Å². The van der Waals surface area contributed by atoms with Gasteiger partial charge in [0.05, 0.1) is 19.3 Å². The molecule has 1 aliphatic heterocycles. The number of anilines is 1. The molecule has 1 fully saturated rings. The number of benzene rings is 1. The van der Waals surface area contributed by atoms with Crippen LogP contribution in [0.25, 0.3) is 0 Å². The minimum absolute atomic E-state index is 0.108. The van der Waals surface area contributed by atoms with Gasteiger partial charge in [-0.1, -0.05) is 12.1 Å². The molecule has 2 aromatic rings. The highest BCUT2D eigenvalue weighted by molar-refractivity contribution is 5.94. The van der Waals surface area contributed by atoms with E-state index in [4.69, 9.17) is 4.74 Å². The summed E-state index contributed by atoms with van der Waals surface area (Å²) in [6.45, 7) is 3.16. The van der Waals surface area contributed by atoms with Crippen LogP contribution in [0.4, 0.5) is 10.2 Å². The van der Waals surface area contributed by atoms with E-state index in [1.165, 1.54) is 12.1 Å².